The fourth-order valence-electron chi connectivity index (χ4n) is 7.37. The fraction of sp³-hybridized carbons (Fsp3) is 0.969. The molecule has 26 nitrogen and oxygen atoms in total. The zero-order valence-electron chi connectivity index (χ0n) is 31.1. The first-order chi connectivity index (χ1) is 27.4. The summed E-state index contributed by atoms with van der Waals surface area (Å²) in [7, 11) is 0. The van der Waals surface area contributed by atoms with E-state index >= 15 is 0 Å². The van der Waals surface area contributed by atoms with Gasteiger partial charge >= 0.3 is 0 Å². The van der Waals surface area contributed by atoms with Gasteiger partial charge in [-0.1, -0.05) is 0 Å². The standard InChI is InChI=1S/C32H55NO25/c1-7-14(39)18(43)20(45)30(50-7)55-24-11(5-36)54-29(13(17(24)42)33-8(2)38)57-26-16(41)10(4-35)53-32(23(26)48)56-25-12(6-37)51-28(49)22(47)27(25)58-31-21(46)19(44)15(40)9(3-34)52-31/h7,9-32,34-37,39-49H,3-6H2,1-2H3,(H,33,38). The van der Waals surface area contributed by atoms with Gasteiger partial charge in [-0.15, -0.1) is 0 Å². The Bertz CT molecular complexity index is 1310. The van der Waals surface area contributed by atoms with Crippen LogP contribution in [0.15, 0.2) is 0 Å². The van der Waals surface area contributed by atoms with Gasteiger partial charge in [0.15, 0.2) is 31.5 Å². The summed E-state index contributed by atoms with van der Waals surface area (Å²) >= 11 is 0. The molecule has 0 aromatic rings. The van der Waals surface area contributed by atoms with E-state index in [0.717, 1.165) is 6.92 Å². The molecule has 5 rings (SSSR count). The van der Waals surface area contributed by atoms with Crippen LogP contribution in [0.25, 0.3) is 0 Å². The average Bonchev–Trinajstić information content (AvgIpc) is 3.19. The molecule has 58 heavy (non-hydrogen) atoms. The molecule has 5 aliphatic rings. The fourth-order valence-corrected chi connectivity index (χ4v) is 7.37. The van der Waals surface area contributed by atoms with E-state index in [1.54, 1.807) is 0 Å². The van der Waals surface area contributed by atoms with Crippen molar-refractivity contribution >= 4 is 5.91 Å². The summed E-state index contributed by atoms with van der Waals surface area (Å²) in [5.41, 5.74) is 0. The number of carbonyl (C=O) groups excluding carboxylic acids is 1. The van der Waals surface area contributed by atoms with Crippen molar-refractivity contribution in [3.8, 4) is 0 Å². The van der Waals surface area contributed by atoms with Gasteiger partial charge in [0.2, 0.25) is 5.91 Å². The third-order valence-electron chi connectivity index (χ3n) is 10.7. The lowest BCUT2D eigenvalue weighted by atomic mass is 9.94. The van der Waals surface area contributed by atoms with Crippen LogP contribution in [0, 0.1) is 0 Å². The van der Waals surface area contributed by atoms with Crippen LogP contribution < -0.4 is 5.32 Å². The Kier molecular flexibility index (Phi) is 16.5. The second-order valence-electron chi connectivity index (χ2n) is 14.7. The Hall–Kier alpha value is -1.49. The Balaban J connectivity index is 1.38. The molecule has 1 amide bonds. The molecule has 5 saturated heterocycles. The maximum atomic E-state index is 12.3. The molecule has 5 aliphatic heterocycles. The van der Waals surface area contributed by atoms with Crippen molar-refractivity contribution in [1.82, 2.24) is 5.32 Å². The van der Waals surface area contributed by atoms with Crippen LogP contribution in [0.2, 0.25) is 0 Å². The number of aliphatic hydroxyl groups excluding tert-OH is 15. The van der Waals surface area contributed by atoms with Crippen LogP contribution >= 0.6 is 0 Å². The molecular formula is C32H55NO25. The lowest BCUT2D eigenvalue weighted by molar-refractivity contribution is -0.393. The van der Waals surface area contributed by atoms with E-state index < -0.39 is 186 Å². The molecule has 0 saturated carbocycles. The quantitative estimate of drug-likeness (QED) is 0.0818. The molecule has 5 heterocycles. The first-order valence-corrected chi connectivity index (χ1v) is 18.5. The van der Waals surface area contributed by atoms with Crippen molar-refractivity contribution in [2.45, 2.75) is 167 Å². The van der Waals surface area contributed by atoms with E-state index in [1.165, 1.54) is 6.92 Å². The number of rotatable bonds is 13. The highest BCUT2D eigenvalue weighted by atomic mass is 16.8. The number of hydrogen-bond donors (Lipinski definition) is 16. The topological polar surface area (TPSA) is 416 Å². The molecule has 5 fully saturated rings. The molecule has 0 aromatic heterocycles. The number of ether oxygens (including phenoxy) is 9. The smallest absolute Gasteiger partial charge is 0.217 e. The molecule has 26 heteroatoms. The molecule has 16 N–H and O–H groups in total. The molecule has 0 radical (unpaired) electrons. The minimum absolute atomic E-state index is 0.774. The molecule has 338 valence electrons. The first-order valence-electron chi connectivity index (χ1n) is 18.5. The second-order valence-corrected chi connectivity index (χ2v) is 14.7. The van der Waals surface area contributed by atoms with E-state index in [9.17, 15) is 81.4 Å². The van der Waals surface area contributed by atoms with Crippen LogP contribution in [0.4, 0.5) is 0 Å². The highest BCUT2D eigenvalue weighted by Crippen LogP contribution is 2.36. The summed E-state index contributed by atoms with van der Waals surface area (Å²) in [6.45, 7) is -1.30. The average molecular weight is 854 g/mol. The van der Waals surface area contributed by atoms with Crippen molar-refractivity contribution < 1.29 is 124 Å². The van der Waals surface area contributed by atoms with Crippen LogP contribution in [-0.2, 0) is 47.4 Å². The highest BCUT2D eigenvalue weighted by Gasteiger charge is 2.57. The number of aliphatic hydroxyl groups is 15. The van der Waals surface area contributed by atoms with E-state index in [4.69, 9.17) is 42.6 Å². The number of hydrogen-bond acceptors (Lipinski definition) is 25. The largest absolute Gasteiger partial charge is 0.394 e. The van der Waals surface area contributed by atoms with Crippen LogP contribution in [0.3, 0.4) is 0 Å². The van der Waals surface area contributed by atoms with Crippen molar-refractivity contribution in [2.75, 3.05) is 26.4 Å². The maximum absolute atomic E-state index is 12.3. The van der Waals surface area contributed by atoms with Crippen molar-refractivity contribution in [1.29, 1.82) is 0 Å². The van der Waals surface area contributed by atoms with E-state index in [-0.39, 0.29) is 0 Å². The van der Waals surface area contributed by atoms with Gasteiger partial charge in [0, 0.05) is 6.92 Å². The normalized spacial score (nSPS) is 51.6. The lowest BCUT2D eigenvalue weighted by Gasteiger charge is -2.50. The van der Waals surface area contributed by atoms with Gasteiger partial charge in [-0.25, -0.2) is 0 Å². The number of nitrogens with one attached hydrogen (secondary N) is 1. The Morgan fingerprint density at radius 1 is 0.448 bits per heavy atom. The zero-order chi connectivity index (χ0) is 42.9. The van der Waals surface area contributed by atoms with Gasteiger partial charge in [-0.2, -0.15) is 0 Å². The second kappa shape index (κ2) is 20.1. The monoisotopic (exact) mass is 853 g/mol. The van der Waals surface area contributed by atoms with Crippen molar-refractivity contribution in [3.05, 3.63) is 0 Å². The Morgan fingerprint density at radius 3 is 1.47 bits per heavy atom. The van der Waals surface area contributed by atoms with E-state index in [0.29, 0.717) is 0 Å². The molecular weight excluding hydrogens is 798 g/mol. The predicted molar refractivity (Wildman–Crippen MR) is 177 cm³/mol. The minimum Gasteiger partial charge on any atom is -0.394 e. The summed E-state index contributed by atoms with van der Waals surface area (Å²) in [5.74, 6) is -0.774. The van der Waals surface area contributed by atoms with Gasteiger partial charge in [0.05, 0.1) is 32.5 Å². The summed E-state index contributed by atoms with van der Waals surface area (Å²) in [4.78, 5) is 12.3. The SMILES string of the molecule is CC(=O)NC1C(OC2C(O)C(CO)OC(OC3C(CO)OC(O)C(O)C3OC3OC(CO)C(O)C(O)C3O)C2O)OC(CO)C(OC2OC(C)C(O)C(O)C2O)C1O. The van der Waals surface area contributed by atoms with Crippen molar-refractivity contribution in [3.63, 3.8) is 0 Å². The molecule has 0 aromatic carbocycles. The maximum Gasteiger partial charge on any atom is 0.217 e. The molecule has 25 atom stereocenters. The molecule has 25 unspecified atom stereocenters. The molecule has 0 bridgehead atoms. The zero-order valence-corrected chi connectivity index (χ0v) is 31.1. The Morgan fingerprint density at radius 2 is 0.897 bits per heavy atom. The van der Waals surface area contributed by atoms with E-state index in [1.807, 2.05) is 0 Å². The molecule has 0 spiro atoms. The predicted octanol–water partition coefficient (Wildman–Crippen LogP) is -10.8. The van der Waals surface area contributed by atoms with Gasteiger partial charge < -0.3 is 125 Å². The highest BCUT2D eigenvalue weighted by molar-refractivity contribution is 5.73. The minimum atomic E-state index is -2.14. The summed E-state index contributed by atoms with van der Waals surface area (Å²) < 4.78 is 50.6. The van der Waals surface area contributed by atoms with Crippen LogP contribution in [0.5, 0.6) is 0 Å². The van der Waals surface area contributed by atoms with Gasteiger partial charge in [0.25, 0.3) is 0 Å². The number of carbonyl (C=O) groups is 1. The lowest BCUT2D eigenvalue weighted by Crippen LogP contribution is -2.70. The van der Waals surface area contributed by atoms with Gasteiger partial charge in [0.1, 0.15) is 116 Å². The third kappa shape index (κ3) is 9.75. The van der Waals surface area contributed by atoms with Crippen LogP contribution in [-0.4, -0.2) is 262 Å². The Labute approximate surface area is 329 Å². The third-order valence-corrected chi connectivity index (χ3v) is 10.7. The van der Waals surface area contributed by atoms with Gasteiger partial charge in [-0.3, -0.25) is 4.79 Å². The number of amides is 1. The molecule has 0 aliphatic carbocycles. The summed E-state index contributed by atoms with van der Waals surface area (Å²) in [5, 5.41) is 160. The van der Waals surface area contributed by atoms with E-state index in [2.05, 4.69) is 5.32 Å². The van der Waals surface area contributed by atoms with Gasteiger partial charge in [-0.05, 0) is 6.92 Å². The van der Waals surface area contributed by atoms with Crippen LogP contribution in [0.1, 0.15) is 13.8 Å². The summed E-state index contributed by atoms with van der Waals surface area (Å²) in [6, 6.07) is -1.65. The summed E-state index contributed by atoms with van der Waals surface area (Å²) in [6.07, 6.45) is -43.1. The van der Waals surface area contributed by atoms with Crippen molar-refractivity contribution in [2.24, 2.45) is 0 Å². The first kappa shape index (κ1) is 47.6.